The Morgan fingerprint density at radius 3 is 2.40 bits per heavy atom. The van der Waals surface area contributed by atoms with Crippen molar-refractivity contribution in [3.8, 4) is 5.75 Å². The molecule has 0 saturated heterocycles. The van der Waals surface area contributed by atoms with Crippen LogP contribution in [-0.4, -0.2) is 50.9 Å². The van der Waals surface area contributed by atoms with Crippen LogP contribution in [0.4, 0.5) is 5.69 Å². The molecular formula is C33H40ClN3O5S. The summed E-state index contributed by atoms with van der Waals surface area (Å²) in [5.41, 5.74) is 1.69. The zero-order valence-electron chi connectivity index (χ0n) is 25.0. The minimum Gasteiger partial charge on any atom is -0.497 e. The van der Waals surface area contributed by atoms with Gasteiger partial charge < -0.3 is 15.0 Å². The lowest BCUT2D eigenvalue weighted by Crippen LogP contribution is -2.54. The maximum absolute atomic E-state index is 14.3. The van der Waals surface area contributed by atoms with Gasteiger partial charge in [-0.1, -0.05) is 74.2 Å². The quantitative estimate of drug-likeness (QED) is 0.262. The SMILES string of the molecule is CC[C@H](C(=O)NC1CCCCC1)N(Cc1cccc(OC)c1)C(=O)CN(c1cc(Cl)ccc1C)S(=O)(=O)c1ccccc1. The Kier molecular flexibility index (Phi) is 11.1. The number of rotatable bonds is 12. The van der Waals surface area contributed by atoms with E-state index in [4.69, 9.17) is 16.3 Å². The molecule has 2 amide bonds. The number of carbonyl (C=O) groups is 2. The van der Waals surface area contributed by atoms with Crippen molar-refractivity contribution in [3.05, 3.63) is 88.9 Å². The number of methoxy groups -OCH3 is 1. The Morgan fingerprint density at radius 2 is 1.72 bits per heavy atom. The number of nitrogens with zero attached hydrogens (tertiary/aromatic N) is 2. The number of anilines is 1. The number of amides is 2. The van der Waals surface area contributed by atoms with E-state index in [1.54, 1.807) is 56.5 Å². The standard InChI is InChI=1S/C33H40ClN3O5S/c1-4-30(33(39)35-27-13-7-5-8-14-27)36(22-25-12-11-15-28(20-25)42-3)32(38)23-37(31-21-26(34)19-18-24(31)2)43(40,41)29-16-9-6-10-17-29/h6,9-12,15-21,27,30H,4-5,7-8,13-14,22-23H2,1-3H3,(H,35,39)/t30-/m1/s1. The van der Waals surface area contributed by atoms with Crippen molar-refractivity contribution in [1.82, 2.24) is 10.2 Å². The second-order valence-electron chi connectivity index (χ2n) is 10.9. The second kappa shape index (κ2) is 14.8. The van der Waals surface area contributed by atoms with E-state index < -0.39 is 28.5 Å². The van der Waals surface area contributed by atoms with Crippen LogP contribution in [0.15, 0.2) is 77.7 Å². The van der Waals surface area contributed by atoms with E-state index >= 15 is 0 Å². The number of ether oxygens (including phenoxy) is 1. The average molecular weight is 626 g/mol. The molecule has 1 aliphatic carbocycles. The summed E-state index contributed by atoms with van der Waals surface area (Å²) in [4.78, 5) is 29.6. The van der Waals surface area contributed by atoms with Gasteiger partial charge in [0, 0.05) is 17.6 Å². The predicted octanol–water partition coefficient (Wildman–Crippen LogP) is 6.11. The molecule has 10 heteroatoms. The molecule has 0 aromatic heterocycles. The minimum absolute atomic E-state index is 0.0450. The lowest BCUT2D eigenvalue weighted by molar-refractivity contribution is -0.140. The second-order valence-corrected chi connectivity index (χ2v) is 13.2. The topological polar surface area (TPSA) is 96.0 Å². The Labute approximate surface area is 260 Å². The molecule has 8 nitrogen and oxygen atoms in total. The van der Waals surface area contributed by atoms with Crippen LogP contribution in [0.2, 0.25) is 5.02 Å². The third-order valence-corrected chi connectivity index (χ3v) is 9.88. The van der Waals surface area contributed by atoms with Gasteiger partial charge >= 0.3 is 0 Å². The lowest BCUT2D eigenvalue weighted by atomic mass is 9.95. The molecule has 1 atom stereocenters. The van der Waals surface area contributed by atoms with Crippen molar-refractivity contribution in [2.45, 2.75) is 75.9 Å². The molecule has 1 fully saturated rings. The van der Waals surface area contributed by atoms with Crippen LogP contribution in [0.5, 0.6) is 5.75 Å². The summed E-state index contributed by atoms with van der Waals surface area (Å²) in [5.74, 6) is -0.123. The van der Waals surface area contributed by atoms with E-state index in [2.05, 4.69) is 5.32 Å². The van der Waals surface area contributed by atoms with Gasteiger partial charge in [-0.25, -0.2) is 8.42 Å². The highest BCUT2D eigenvalue weighted by Crippen LogP contribution is 2.30. The van der Waals surface area contributed by atoms with Gasteiger partial charge in [0.1, 0.15) is 18.3 Å². The molecule has 0 spiro atoms. The summed E-state index contributed by atoms with van der Waals surface area (Å²) >= 11 is 6.32. The molecule has 3 aromatic rings. The normalized spacial score (nSPS) is 14.5. The first-order chi connectivity index (χ1) is 20.6. The fourth-order valence-corrected chi connectivity index (χ4v) is 7.17. The van der Waals surface area contributed by atoms with Crippen LogP contribution in [0.25, 0.3) is 0 Å². The van der Waals surface area contributed by atoms with Gasteiger partial charge in [-0.3, -0.25) is 13.9 Å². The lowest BCUT2D eigenvalue weighted by Gasteiger charge is -2.34. The zero-order chi connectivity index (χ0) is 31.0. The third-order valence-electron chi connectivity index (χ3n) is 7.87. The summed E-state index contributed by atoms with van der Waals surface area (Å²) < 4.78 is 34.6. The molecule has 0 radical (unpaired) electrons. The highest BCUT2D eigenvalue weighted by atomic mass is 35.5. The number of benzene rings is 3. The molecule has 0 bridgehead atoms. The van der Waals surface area contributed by atoms with E-state index in [1.165, 1.54) is 17.0 Å². The number of sulfonamides is 1. The minimum atomic E-state index is -4.17. The van der Waals surface area contributed by atoms with Gasteiger partial charge in [0.05, 0.1) is 17.7 Å². The fraction of sp³-hybridized carbons (Fsp3) is 0.394. The van der Waals surface area contributed by atoms with Gasteiger partial charge in [0.15, 0.2) is 0 Å². The average Bonchev–Trinajstić information content (AvgIpc) is 3.02. The zero-order valence-corrected chi connectivity index (χ0v) is 26.5. The Morgan fingerprint density at radius 1 is 1.00 bits per heavy atom. The van der Waals surface area contributed by atoms with E-state index in [0.29, 0.717) is 28.4 Å². The van der Waals surface area contributed by atoms with E-state index in [-0.39, 0.29) is 23.4 Å². The number of nitrogens with one attached hydrogen (secondary N) is 1. The number of carbonyl (C=O) groups excluding carboxylic acids is 2. The molecule has 1 aliphatic rings. The molecular weight excluding hydrogens is 586 g/mol. The fourth-order valence-electron chi connectivity index (χ4n) is 5.52. The van der Waals surface area contributed by atoms with Crippen molar-refractivity contribution < 1.29 is 22.7 Å². The first kappa shape index (κ1) is 32.4. The largest absolute Gasteiger partial charge is 0.497 e. The van der Waals surface area contributed by atoms with Crippen LogP contribution in [-0.2, 0) is 26.2 Å². The van der Waals surface area contributed by atoms with Gasteiger partial charge in [-0.05, 0) is 73.7 Å². The maximum atomic E-state index is 14.3. The summed E-state index contributed by atoms with van der Waals surface area (Å²) in [6, 6.07) is 19.5. The molecule has 0 aliphatic heterocycles. The molecule has 3 aromatic carbocycles. The Balaban J connectivity index is 1.74. The Hall–Kier alpha value is -3.56. The highest BCUT2D eigenvalue weighted by Gasteiger charge is 2.35. The van der Waals surface area contributed by atoms with Gasteiger partial charge in [0.2, 0.25) is 11.8 Å². The van der Waals surface area contributed by atoms with Crippen LogP contribution in [0.1, 0.15) is 56.6 Å². The molecule has 1 saturated carbocycles. The van der Waals surface area contributed by atoms with Crippen molar-refractivity contribution in [1.29, 1.82) is 0 Å². The van der Waals surface area contributed by atoms with Crippen LogP contribution in [0.3, 0.4) is 0 Å². The van der Waals surface area contributed by atoms with Crippen molar-refractivity contribution in [2.24, 2.45) is 0 Å². The number of hydrogen-bond acceptors (Lipinski definition) is 5. The van der Waals surface area contributed by atoms with E-state index in [1.807, 2.05) is 25.1 Å². The molecule has 230 valence electrons. The molecule has 1 N–H and O–H groups in total. The Bertz CT molecular complexity index is 1510. The predicted molar refractivity (Wildman–Crippen MR) is 170 cm³/mol. The molecule has 0 heterocycles. The summed E-state index contributed by atoms with van der Waals surface area (Å²) in [7, 11) is -2.61. The molecule has 43 heavy (non-hydrogen) atoms. The van der Waals surface area contributed by atoms with E-state index in [9.17, 15) is 18.0 Å². The smallest absolute Gasteiger partial charge is 0.264 e. The number of hydrogen-bond donors (Lipinski definition) is 1. The van der Waals surface area contributed by atoms with Crippen LogP contribution < -0.4 is 14.4 Å². The number of aryl methyl sites for hydroxylation is 1. The van der Waals surface area contributed by atoms with Gasteiger partial charge in [-0.15, -0.1) is 0 Å². The van der Waals surface area contributed by atoms with Gasteiger partial charge in [-0.2, -0.15) is 0 Å². The summed E-state index contributed by atoms with van der Waals surface area (Å²) in [6.07, 6.45) is 5.43. The monoisotopic (exact) mass is 625 g/mol. The van der Waals surface area contributed by atoms with Crippen molar-refractivity contribution >= 4 is 39.1 Å². The van der Waals surface area contributed by atoms with Crippen molar-refractivity contribution in [3.63, 3.8) is 0 Å². The summed E-state index contributed by atoms with van der Waals surface area (Å²) in [5, 5.41) is 3.51. The number of halogens is 1. The highest BCUT2D eigenvalue weighted by molar-refractivity contribution is 7.92. The van der Waals surface area contributed by atoms with Gasteiger partial charge in [0.25, 0.3) is 10.0 Å². The third kappa shape index (κ3) is 8.09. The maximum Gasteiger partial charge on any atom is 0.264 e. The summed E-state index contributed by atoms with van der Waals surface area (Å²) in [6.45, 7) is 3.21. The van der Waals surface area contributed by atoms with E-state index in [0.717, 1.165) is 42.0 Å². The first-order valence-electron chi connectivity index (χ1n) is 14.7. The first-order valence-corrected chi connectivity index (χ1v) is 16.5. The van der Waals surface area contributed by atoms with Crippen molar-refractivity contribution in [2.75, 3.05) is 18.0 Å². The van der Waals surface area contributed by atoms with Crippen LogP contribution >= 0.6 is 11.6 Å². The molecule has 4 rings (SSSR count). The van der Waals surface area contributed by atoms with Crippen LogP contribution in [0, 0.1) is 6.92 Å². The molecule has 0 unspecified atom stereocenters.